The van der Waals surface area contributed by atoms with Gasteiger partial charge in [-0.3, -0.25) is 0 Å². The molecule has 10 heteroatoms. The average molecular weight is 450 g/mol. The van der Waals surface area contributed by atoms with Crippen LogP contribution in [0.5, 0.6) is 0 Å². The largest absolute Gasteiger partial charge is 0.398 e. The number of anilines is 1. The fraction of sp³-hybridized carbons (Fsp3) is 0.667. The Balaban J connectivity index is 1.88. The van der Waals surface area contributed by atoms with Gasteiger partial charge in [0.25, 0.3) is 0 Å². The highest BCUT2D eigenvalue weighted by Gasteiger charge is 2.29. The summed E-state index contributed by atoms with van der Waals surface area (Å²) in [7, 11) is -7.90. The lowest BCUT2D eigenvalue weighted by Crippen LogP contribution is -2.37. The van der Waals surface area contributed by atoms with Crippen LogP contribution in [0.15, 0.2) is 21.9 Å². The predicted molar refractivity (Wildman–Crippen MR) is 110 cm³/mol. The number of nitrogens with one attached hydrogen (secondary N) is 2. The third-order valence-corrected chi connectivity index (χ3v) is 9.06. The summed E-state index contributed by atoms with van der Waals surface area (Å²) >= 11 is 6.13. The molecule has 2 aliphatic rings. The van der Waals surface area contributed by atoms with Gasteiger partial charge in [0.2, 0.25) is 20.0 Å². The van der Waals surface area contributed by atoms with E-state index in [1.54, 1.807) is 0 Å². The first-order valence-corrected chi connectivity index (χ1v) is 13.2. The molecule has 0 saturated heterocycles. The van der Waals surface area contributed by atoms with E-state index in [4.69, 9.17) is 17.3 Å². The zero-order valence-electron chi connectivity index (χ0n) is 15.8. The third-order valence-electron chi connectivity index (χ3n) is 5.50. The Bertz CT molecular complexity index is 836. The molecule has 2 fully saturated rings. The normalized spacial score (nSPS) is 20.3. The van der Waals surface area contributed by atoms with Gasteiger partial charge >= 0.3 is 0 Å². The third kappa shape index (κ3) is 5.18. The van der Waals surface area contributed by atoms with E-state index in [0.717, 1.165) is 70.3 Å². The Morgan fingerprint density at radius 3 is 1.64 bits per heavy atom. The van der Waals surface area contributed by atoms with Crippen LogP contribution in [-0.2, 0) is 20.0 Å². The van der Waals surface area contributed by atoms with Crippen molar-refractivity contribution in [2.45, 2.75) is 86.1 Å². The lowest BCUT2D eigenvalue weighted by Gasteiger charge is -2.24. The first kappa shape index (κ1) is 21.8. The number of rotatable bonds is 6. The number of benzene rings is 1. The summed E-state index contributed by atoms with van der Waals surface area (Å²) in [5.41, 5.74) is 5.83. The molecular formula is C18H28ClN3O4S2. The molecule has 0 aliphatic heterocycles. The summed E-state index contributed by atoms with van der Waals surface area (Å²) in [5, 5.41) is -0.0857. The fourth-order valence-electron chi connectivity index (χ4n) is 4.00. The molecule has 2 aliphatic carbocycles. The number of nitrogens with two attached hydrogens (primary N) is 1. The van der Waals surface area contributed by atoms with E-state index in [1.807, 2.05) is 0 Å². The highest BCUT2D eigenvalue weighted by molar-refractivity contribution is 7.90. The van der Waals surface area contributed by atoms with E-state index in [2.05, 4.69) is 9.44 Å². The van der Waals surface area contributed by atoms with Crippen LogP contribution in [0.25, 0.3) is 0 Å². The second-order valence-electron chi connectivity index (χ2n) is 7.73. The molecule has 0 bridgehead atoms. The maximum absolute atomic E-state index is 12.9. The van der Waals surface area contributed by atoms with Gasteiger partial charge in [0.1, 0.15) is 9.79 Å². The molecule has 1 aromatic rings. The molecule has 2 saturated carbocycles. The zero-order valence-corrected chi connectivity index (χ0v) is 18.2. The summed E-state index contributed by atoms with van der Waals surface area (Å²) in [6.07, 6.45) is 9.11. The van der Waals surface area contributed by atoms with Gasteiger partial charge < -0.3 is 5.73 Å². The van der Waals surface area contributed by atoms with E-state index in [0.29, 0.717) is 0 Å². The number of halogens is 1. The van der Waals surface area contributed by atoms with Crippen LogP contribution < -0.4 is 15.2 Å². The molecule has 1 aromatic carbocycles. The predicted octanol–water partition coefficient (Wildman–Crippen LogP) is 3.14. The van der Waals surface area contributed by atoms with E-state index in [-0.39, 0.29) is 32.6 Å². The Hall–Kier alpha value is -0.870. The molecule has 28 heavy (non-hydrogen) atoms. The molecule has 0 heterocycles. The van der Waals surface area contributed by atoms with Crippen molar-refractivity contribution in [3.63, 3.8) is 0 Å². The van der Waals surface area contributed by atoms with Gasteiger partial charge in [0, 0.05) is 12.1 Å². The minimum atomic E-state index is -3.95. The second kappa shape index (κ2) is 8.87. The molecule has 0 spiro atoms. The van der Waals surface area contributed by atoms with Gasteiger partial charge in [0.15, 0.2) is 0 Å². The molecular weight excluding hydrogens is 422 g/mol. The van der Waals surface area contributed by atoms with Crippen LogP contribution in [0.2, 0.25) is 5.02 Å². The molecule has 158 valence electrons. The van der Waals surface area contributed by atoms with E-state index in [9.17, 15) is 16.8 Å². The van der Waals surface area contributed by atoms with Crippen molar-refractivity contribution in [3.8, 4) is 0 Å². The van der Waals surface area contributed by atoms with Crippen molar-refractivity contribution < 1.29 is 16.8 Å². The lowest BCUT2D eigenvalue weighted by molar-refractivity contribution is 0.412. The molecule has 3 rings (SSSR count). The molecule has 0 radical (unpaired) electrons. The van der Waals surface area contributed by atoms with Crippen molar-refractivity contribution in [2.75, 3.05) is 5.73 Å². The molecule has 0 aromatic heterocycles. The van der Waals surface area contributed by atoms with Crippen LogP contribution in [0.4, 0.5) is 5.69 Å². The smallest absolute Gasteiger partial charge is 0.242 e. The fourth-order valence-corrected chi connectivity index (χ4v) is 7.38. The molecule has 4 N–H and O–H groups in total. The maximum Gasteiger partial charge on any atom is 0.242 e. The van der Waals surface area contributed by atoms with Crippen LogP contribution in [0.1, 0.15) is 64.2 Å². The minimum absolute atomic E-state index is 0.0649. The summed E-state index contributed by atoms with van der Waals surface area (Å²) in [4.78, 5) is -0.496. The van der Waals surface area contributed by atoms with E-state index in [1.165, 1.54) is 6.07 Å². The summed E-state index contributed by atoms with van der Waals surface area (Å²) in [5.74, 6) is 0. The Kier molecular flexibility index (Phi) is 6.92. The van der Waals surface area contributed by atoms with Crippen molar-refractivity contribution in [1.29, 1.82) is 0 Å². The summed E-state index contributed by atoms with van der Waals surface area (Å²) in [6, 6.07) is 1.96. The highest BCUT2D eigenvalue weighted by Crippen LogP contribution is 2.31. The van der Waals surface area contributed by atoms with Crippen LogP contribution >= 0.6 is 11.6 Å². The van der Waals surface area contributed by atoms with Crippen LogP contribution in [-0.4, -0.2) is 28.9 Å². The molecule has 0 amide bonds. The Morgan fingerprint density at radius 1 is 0.750 bits per heavy atom. The SMILES string of the molecule is Nc1cc(Cl)c(S(=O)(=O)NC2CCCCC2)cc1S(=O)(=O)NC1CCCCC1. The zero-order chi connectivity index (χ0) is 20.4. The highest BCUT2D eigenvalue weighted by atomic mass is 35.5. The minimum Gasteiger partial charge on any atom is -0.398 e. The first-order chi connectivity index (χ1) is 13.2. The lowest BCUT2D eigenvalue weighted by atomic mass is 9.96. The molecule has 0 atom stereocenters. The van der Waals surface area contributed by atoms with Gasteiger partial charge in [-0.25, -0.2) is 26.3 Å². The van der Waals surface area contributed by atoms with Crippen molar-refractivity contribution >= 4 is 37.3 Å². The number of hydrogen-bond donors (Lipinski definition) is 3. The molecule has 7 nitrogen and oxygen atoms in total. The van der Waals surface area contributed by atoms with Crippen LogP contribution in [0, 0.1) is 0 Å². The van der Waals surface area contributed by atoms with Gasteiger partial charge in [-0.2, -0.15) is 0 Å². The summed E-state index contributed by atoms with van der Waals surface area (Å²) in [6.45, 7) is 0. The second-order valence-corrected chi connectivity index (χ2v) is 11.5. The number of sulfonamides is 2. The van der Waals surface area contributed by atoms with Gasteiger partial charge in [-0.1, -0.05) is 50.1 Å². The van der Waals surface area contributed by atoms with Crippen molar-refractivity contribution in [2.24, 2.45) is 0 Å². The Labute approximate surface area is 172 Å². The van der Waals surface area contributed by atoms with Gasteiger partial charge in [0.05, 0.1) is 10.7 Å². The van der Waals surface area contributed by atoms with E-state index >= 15 is 0 Å². The number of hydrogen-bond acceptors (Lipinski definition) is 5. The average Bonchev–Trinajstić information content (AvgIpc) is 2.62. The monoisotopic (exact) mass is 449 g/mol. The van der Waals surface area contributed by atoms with Gasteiger partial charge in [-0.05, 0) is 37.8 Å². The maximum atomic E-state index is 12.9. The molecule has 0 unspecified atom stereocenters. The first-order valence-electron chi connectivity index (χ1n) is 9.83. The number of nitrogen functional groups attached to an aromatic ring is 1. The topological polar surface area (TPSA) is 118 Å². The van der Waals surface area contributed by atoms with E-state index < -0.39 is 20.0 Å². The summed E-state index contributed by atoms with van der Waals surface area (Å²) < 4.78 is 56.7. The van der Waals surface area contributed by atoms with Crippen molar-refractivity contribution in [3.05, 3.63) is 17.2 Å². The quantitative estimate of drug-likeness (QED) is 0.576. The van der Waals surface area contributed by atoms with Crippen LogP contribution in [0.3, 0.4) is 0 Å². The standard InChI is InChI=1S/C18H28ClN3O4S2/c19-15-11-16(20)18(28(25,26)22-14-9-5-2-6-10-14)12-17(15)27(23,24)21-13-7-3-1-4-8-13/h11-14,21-22H,1-10,20H2. The van der Waals surface area contributed by atoms with Crippen molar-refractivity contribution in [1.82, 2.24) is 9.44 Å². The Morgan fingerprint density at radius 2 is 1.18 bits per heavy atom. The van der Waals surface area contributed by atoms with Gasteiger partial charge in [-0.15, -0.1) is 0 Å².